The molecule has 0 saturated heterocycles. The number of hydrogen-bond donors (Lipinski definition) is 3. The number of phenolic OH excluding ortho intramolecular Hbond substituents is 3. The number of ether oxygens (including phenoxy) is 6. The molecule has 0 radical (unpaired) electrons. The first-order valence-electron chi connectivity index (χ1n) is 15.8. The molecule has 0 aromatic heterocycles. The van der Waals surface area contributed by atoms with E-state index < -0.39 is 8.59 Å². The zero-order valence-corrected chi connectivity index (χ0v) is 33.5. The summed E-state index contributed by atoms with van der Waals surface area (Å²) in [6, 6.07) is 11.7. The Kier molecular flexibility index (Phi) is 13.6. The molecule has 7 rings (SSSR count). The van der Waals surface area contributed by atoms with E-state index in [0.717, 1.165) is 55.2 Å². The predicted molar refractivity (Wildman–Crippen MR) is 203 cm³/mol. The average Bonchev–Trinajstić information content (AvgIpc) is 3.07. The van der Waals surface area contributed by atoms with Gasteiger partial charge in [-0.1, -0.05) is 69.6 Å². The van der Waals surface area contributed by atoms with Crippen molar-refractivity contribution in [3.05, 3.63) is 53.1 Å². The van der Waals surface area contributed by atoms with E-state index >= 15 is 0 Å². The number of alkyl halides is 6. The molecule has 0 aliphatic heterocycles. The number of aromatic hydroxyl groups is 3. The number of benzene rings is 3. The summed E-state index contributed by atoms with van der Waals surface area (Å²) in [6.45, 7) is 0. The van der Waals surface area contributed by atoms with Crippen molar-refractivity contribution in [2.75, 3.05) is 42.7 Å². The van der Waals surface area contributed by atoms with Gasteiger partial charge in [0.25, 0.3) is 0 Å². The largest absolute Gasteiger partial charge is 0.502 e. The third-order valence-corrected chi connectivity index (χ3v) is 10.3. The lowest BCUT2D eigenvalue weighted by Crippen LogP contribution is -2.62. The van der Waals surface area contributed by atoms with Gasteiger partial charge in [-0.25, -0.2) is 0 Å². The molecule has 4 bridgehead atoms. The van der Waals surface area contributed by atoms with Crippen molar-refractivity contribution < 1.29 is 43.7 Å². The van der Waals surface area contributed by atoms with Crippen molar-refractivity contribution in [1.82, 2.24) is 0 Å². The fraction of sp³-hybridized carbons (Fsp3) is 0.500. The predicted octanol–water partition coefficient (Wildman–Crippen LogP) is 9.94. The molecule has 3 N–H and O–H groups in total. The van der Waals surface area contributed by atoms with Crippen molar-refractivity contribution in [3.63, 3.8) is 0 Å². The van der Waals surface area contributed by atoms with Gasteiger partial charge in [-0.2, -0.15) is 0 Å². The third kappa shape index (κ3) is 8.39. The van der Waals surface area contributed by atoms with Crippen molar-refractivity contribution in [1.29, 1.82) is 0 Å². The van der Waals surface area contributed by atoms with Crippen molar-refractivity contribution in [2.45, 2.75) is 63.4 Å². The molecular formula is C36H42Cl6O9. The van der Waals surface area contributed by atoms with Crippen molar-refractivity contribution in [2.24, 2.45) is 5.92 Å². The van der Waals surface area contributed by atoms with Crippen LogP contribution in [0.25, 0.3) is 0 Å². The summed E-state index contributed by atoms with van der Waals surface area (Å²) in [6.07, 6.45) is 5.39. The van der Waals surface area contributed by atoms with Crippen LogP contribution >= 0.6 is 69.6 Å². The number of halogens is 6. The Morgan fingerprint density at radius 1 is 0.451 bits per heavy atom. The number of phenols is 3. The maximum Gasteiger partial charge on any atom is 0.200 e. The molecule has 0 heterocycles. The van der Waals surface area contributed by atoms with Crippen molar-refractivity contribution >= 4 is 69.6 Å². The van der Waals surface area contributed by atoms with Gasteiger partial charge >= 0.3 is 0 Å². The van der Waals surface area contributed by atoms with Gasteiger partial charge in [-0.3, -0.25) is 0 Å². The highest BCUT2D eigenvalue weighted by Crippen LogP contribution is 2.72. The maximum atomic E-state index is 10.8. The maximum absolute atomic E-state index is 10.8. The van der Waals surface area contributed by atoms with Crippen LogP contribution in [0, 0.1) is 5.92 Å². The second-order valence-electron chi connectivity index (χ2n) is 13.0. The van der Waals surface area contributed by atoms with Crippen LogP contribution in [0.1, 0.15) is 55.2 Å². The van der Waals surface area contributed by atoms with Crippen LogP contribution in [-0.4, -0.2) is 66.6 Å². The molecule has 0 amide bonds. The summed E-state index contributed by atoms with van der Waals surface area (Å²) in [7, 11) is 9.28. The highest BCUT2D eigenvalue weighted by molar-refractivity contribution is 6.63. The van der Waals surface area contributed by atoms with E-state index in [4.69, 9.17) is 98.0 Å². The first-order valence-corrected chi connectivity index (χ1v) is 18.4. The normalized spacial score (nSPS) is 24.2. The summed E-state index contributed by atoms with van der Waals surface area (Å²) in [5.41, 5.74) is 2.24. The first kappa shape index (κ1) is 41.4. The summed E-state index contributed by atoms with van der Waals surface area (Å²) >= 11 is 28.8. The molecule has 4 fully saturated rings. The minimum atomic E-state index is -0.750. The van der Waals surface area contributed by atoms with Gasteiger partial charge in [-0.05, 0) is 114 Å². The molecule has 9 nitrogen and oxygen atoms in total. The second kappa shape index (κ2) is 16.7. The van der Waals surface area contributed by atoms with E-state index in [1.807, 2.05) is 36.4 Å². The van der Waals surface area contributed by atoms with Crippen LogP contribution in [0.3, 0.4) is 0 Å². The van der Waals surface area contributed by atoms with Crippen molar-refractivity contribution in [3.8, 4) is 51.7 Å². The van der Waals surface area contributed by atoms with E-state index in [0.29, 0.717) is 40.4 Å². The van der Waals surface area contributed by atoms with Crippen LogP contribution in [0.5, 0.6) is 51.7 Å². The lowest BCUT2D eigenvalue weighted by molar-refractivity contribution is -0.0497. The zero-order valence-electron chi connectivity index (χ0n) is 29.0. The Labute approximate surface area is 328 Å². The number of methoxy groups -OCH3 is 6. The number of rotatable bonds is 9. The van der Waals surface area contributed by atoms with E-state index in [1.54, 1.807) is 42.7 Å². The Morgan fingerprint density at radius 2 is 0.627 bits per heavy atom. The molecule has 3 aromatic rings. The van der Waals surface area contributed by atoms with Gasteiger partial charge in [-0.15, -0.1) is 0 Å². The lowest BCUT2D eigenvalue weighted by Gasteiger charge is -2.67. The topological polar surface area (TPSA) is 116 Å². The summed E-state index contributed by atoms with van der Waals surface area (Å²) in [4.78, 5) is 0. The monoisotopic (exact) mass is 828 g/mol. The van der Waals surface area contributed by atoms with E-state index in [-0.39, 0.29) is 33.5 Å². The molecule has 3 aromatic carbocycles. The molecule has 0 spiro atoms. The summed E-state index contributed by atoms with van der Waals surface area (Å²) in [5, 5.41) is 32.3. The van der Waals surface area contributed by atoms with Crippen LogP contribution in [0.15, 0.2) is 36.4 Å². The SMILES string of the molecule is COc1cc(C23CC4CC(c5cc(OC)c(O)c(OC)c5)(C2)CC(c2cc(OC)c(O)c(OC)c2)(C4)C3)cc(OC)c1O.ClC(Cl)Cl.ClC(Cl)Cl. The zero-order chi connectivity index (χ0) is 37.9. The van der Waals surface area contributed by atoms with E-state index in [2.05, 4.69) is 0 Å². The molecule has 0 atom stereocenters. The minimum Gasteiger partial charge on any atom is -0.502 e. The van der Waals surface area contributed by atoms with Gasteiger partial charge in [0.2, 0.25) is 17.2 Å². The molecular weight excluding hydrogens is 789 g/mol. The van der Waals surface area contributed by atoms with Crippen LogP contribution in [-0.2, 0) is 16.2 Å². The molecule has 51 heavy (non-hydrogen) atoms. The van der Waals surface area contributed by atoms with E-state index in [9.17, 15) is 15.3 Å². The second-order valence-corrected chi connectivity index (χ2v) is 17.0. The van der Waals surface area contributed by atoms with Crippen LogP contribution in [0.2, 0.25) is 0 Å². The standard InChI is InChI=1S/C34H40O9.2CHCl3/c1-38-23-7-20(8-24(39-2)29(23)35)32-13-19-14-33(16-32,21-9-25(40-3)30(36)26(10-21)41-4)18-34(15-19,17-32)22-11-27(42-5)31(37)28(12-22)43-6;2*2-1(3)4/h7-12,19,35-37H,13-18H2,1-6H3;2*1H. The van der Waals surface area contributed by atoms with Gasteiger partial charge in [0.05, 0.1) is 42.7 Å². The Hall–Kier alpha value is -2.40. The first-order chi connectivity index (χ1) is 24.1. The average molecular weight is 831 g/mol. The van der Waals surface area contributed by atoms with Gasteiger partial charge in [0.1, 0.15) is 0 Å². The van der Waals surface area contributed by atoms with E-state index in [1.165, 1.54) is 0 Å². The minimum absolute atomic E-state index is 0.0241. The van der Waals surface area contributed by atoms with Crippen LogP contribution < -0.4 is 28.4 Å². The van der Waals surface area contributed by atoms with Gasteiger partial charge in [0, 0.05) is 0 Å². The number of hydrogen-bond acceptors (Lipinski definition) is 9. The fourth-order valence-corrected chi connectivity index (χ4v) is 9.00. The molecule has 4 saturated carbocycles. The molecule has 0 unspecified atom stereocenters. The smallest absolute Gasteiger partial charge is 0.200 e. The highest BCUT2D eigenvalue weighted by Gasteiger charge is 2.65. The third-order valence-electron chi connectivity index (χ3n) is 10.3. The Balaban J connectivity index is 0.000000662. The molecule has 4 aliphatic rings. The Bertz CT molecular complexity index is 1410. The fourth-order valence-electron chi connectivity index (χ4n) is 9.00. The van der Waals surface area contributed by atoms with Crippen LogP contribution in [0.4, 0.5) is 0 Å². The molecule has 282 valence electrons. The molecule has 4 aliphatic carbocycles. The lowest BCUT2D eigenvalue weighted by atomic mass is 9.36. The van der Waals surface area contributed by atoms with Gasteiger partial charge in [0.15, 0.2) is 43.1 Å². The summed E-state index contributed by atoms with van der Waals surface area (Å²) in [5.74, 6) is 2.50. The molecule has 15 heteroatoms. The quantitative estimate of drug-likeness (QED) is 0.181. The van der Waals surface area contributed by atoms with Gasteiger partial charge < -0.3 is 43.7 Å². The summed E-state index contributed by atoms with van der Waals surface area (Å²) < 4.78 is 32.1. The Morgan fingerprint density at radius 3 is 0.784 bits per heavy atom. The highest BCUT2D eigenvalue weighted by atomic mass is 35.6.